The smallest absolute Gasteiger partial charge is 0.147 e. The van der Waals surface area contributed by atoms with E-state index >= 15 is 0 Å². The standard InChI is InChI=1S/C10H22.2C8H18O2/c1-9(2)7-6-8-10(3,4)5;1-7(2)9-6-10-8(3,4)5;1-7(2)9-5-6-10-8(3)4/h9H,6-8H2,1-5H3;7H,6H2,1-5H3;7-8H,5-6H2,1-4H3. The van der Waals surface area contributed by atoms with Gasteiger partial charge in [-0.25, -0.2) is 0 Å². The average molecular weight is 435 g/mol. The Bertz CT molecular complexity index is 302. The lowest BCUT2D eigenvalue weighted by atomic mass is 9.88. The molecular weight excluding hydrogens is 376 g/mol. The maximum absolute atomic E-state index is 5.32. The van der Waals surface area contributed by atoms with E-state index in [2.05, 4.69) is 34.6 Å². The molecule has 0 atom stereocenters. The van der Waals surface area contributed by atoms with Crippen LogP contribution in [-0.2, 0) is 18.9 Å². The summed E-state index contributed by atoms with van der Waals surface area (Å²) in [6.45, 7) is 31.4. The van der Waals surface area contributed by atoms with Crippen LogP contribution in [0.5, 0.6) is 0 Å². The van der Waals surface area contributed by atoms with E-state index in [0.29, 0.717) is 37.6 Å². The second-order valence-electron chi connectivity index (χ2n) is 11.3. The predicted molar refractivity (Wildman–Crippen MR) is 132 cm³/mol. The van der Waals surface area contributed by atoms with Crippen molar-refractivity contribution >= 4 is 0 Å². The first kappa shape index (κ1) is 34.5. The summed E-state index contributed by atoms with van der Waals surface area (Å²) < 4.78 is 21.0. The minimum Gasteiger partial charge on any atom is -0.376 e. The van der Waals surface area contributed by atoms with Crippen molar-refractivity contribution in [2.24, 2.45) is 11.3 Å². The second-order valence-corrected chi connectivity index (χ2v) is 11.3. The molecule has 0 aliphatic heterocycles. The van der Waals surface area contributed by atoms with Gasteiger partial charge in [0, 0.05) is 0 Å². The molecule has 0 aliphatic rings. The van der Waals surface area contributed by atoms with Crippen molar-refractivity contribution in [3.05, 3.63) is 0 Å². The fourth-order valence-electron chi connectivity index (χ4n) is 1.96. The summed E-state index contributed by atoms with van der Waals surface area (Å²) in [5, 5.41) is 0. The van der Waals surface area contributed by atoms with Crippen LogP contribution < -0.4 is 0 Å². The van der Waals surface area contributed by atoms with Crippen molar-refractivity contribution in [1.82, 2.24) is 0 Å². The highest BCUT2D eigenvalue weighted by atomic mass is 16.7. The summed E-state index contributed by atoms with van der Waals surface area (Å²) in [5.74, 6) is 0.877. The molecule has 0 radical (unpaired) electrons. The van der Waals surface area contributed by atoms with Gasteiger partial charge in [0.1, 0.15) is 6.79 Å². The molecule has 0 aromatic rings. The van der Waals surface area contributed by atoms with E-state index in [1.165, 1.54) is 19.3 Å². The van der Waals surface area contributed by atoms with Crippen LogP contribution in [0.4, 0.5) is 0 Å². The van der Waals surface area contributed by atoms with Gasteiger partial charge in [0.25, 0.3) is 0 Å². The van der Waals surface area contributed by atoms with Crippen molar-refractivity contribution in [2.45, 2.75) is 140 Å². The van der Waals surface area contributed by atoms with E-state index < -0.39 is 0 Å². The third kappa shape index (κ3) is 46.2. The van der Waals surface area contributed by atoms with Crippen LogP contribution in [0.1, 0.15) is 116 Å². The fraction of sp³-hybridized carbons (Fsp3) is 1.00. The first-order chi connectivity index (χ1) is 13.5. The van der Waals surface area contributed by atoms with Crippen molar-refractivity contribution in [2.75, 3.05) is 20.0 Å². The number of ether oxygens (including phenoxy) is 4. The fourth-order valence-corrected chi connectivity index (χ4v) is 1.96. The van der Waals surface area contributed by atoms with Crippen LogP contribution in [0, 0.1) is 11.3 Å². The monoisotopic (exact) mass is 434 g/mol. The SMILES string of the molecule is CC(C)CCCC(C)(C)C.CC(C)OCCOC(C)C.CC(C)OCOC(C)(C)C. The Kier molecular flexibility index (Phi) is 22.4. The molecule has 0 amide bonds. The van der Waals surface area contributed by atoms with Crippen molar-refractivity contribution < 1.29 is 18.9 Å². The van der Waals surface area contributed by atoms with Gasteiger partial charge in [-0.3, -0.25) is 0 Å². The zero-order valence-corrected chi connectivity index (χ0v) is 23.2. The largest absolute Gasteiger partial charge is 0.376 e. The second kappa shape index (κ2) is 19.5. The summed E-state index contributed by atoms with van der Waals surface area (Å²) in [6.07, 6.45) is 5.03. The first-order valence-corrected chi connectivity index (χ1v) is 11.9. The summed E-state index contributed by atoms with van der Waals surface area (Å²) in [7, 11) is 0. The first-order valence-electron chi connectivity index (χ1n) is 11.9. The predicted octanol–water partition coefficient (Wildman–Crippen LogP) is 7.88. The molecule has 186 valence electrons. The van der Waals surface area contributed by atoms with Gasteiger partial charge >= 0.3 is 0 Å². The maximum Gasteiger partial charge on any atom is 0.147 e. The highest BCUT2D eigenvalue weighted by Gasteiger charge is 2.10. The molecule has 0 aliphatic carbocycles. The van der Waals surface area contributed by atoms with Gasteiger partial charge < -0.3 is 18.9 Å². The Morgan fingerprint density at radius 3 is 1.27 bits per heavy atom. The molecule has 30 heavy (non-hydrogen) atoms. The van der Waals surface area contributed by atoms with Crippen LogP contribution in [0.2, 0.25) is 0 Å². The number of rotatable bonds is 11. The van der Waals surface area contributed by atoms with Gasteiger partial charge in [0.15, 0.2) is 0 Å². The normalized spacial score (nSPS) is 12.2. The molecule has 0 fully saturated rings. The lowest BCUT2D eigenvalue weighted by Gasteiger charge is -2.20. The van der Waals surface area contributed by atoms with Crippen LogP contribution in [0.25, 0.3) is 0 Å². The highest BCUT2D eigenvalue weighted by Crippen LogP contribution is 2.22. The molecule has 4 nitrogen and oxygen atoms in total. The van der Waals surface area contributed by atoms with Gasteiger partial charge in [0.05, 0.1) is 37.1 Å². The van der Waals surface area contributed by atoms with E-state index in [0.717, 1.165) is 5.92 Å². The van der Waals surface area contributed by atoms with Crippen molar-refractivity contribution in [1.29, 1.82) is 0 Å². The zero-order chi connectivity index (χ0) is 24.4. The molecule has 0 bridgehead atoms. The summed E-state index contributed by atoms with van der Waals surface area (Å²) in [5.41, 5.74) is 0.448. The lowest BCUT2D eigenvalue weighted by Crippen LogP contribution is -2.22. The van der Waals surface area contributed by atoms with Gasteiger partial charge in [-0.2, -0.15) is 0 Å². The van der Waals surface area contributed by atoms with Gasteiger partial charge in [-0.15, -0.1) is 0 Å². The van der Waals surface area contributed by atoms with E-state index in [-0.39, 0.29) is 11.7 Å². The van der Waals surface area contributed by atoms with Crippen molar-refractivity contribution in [3.8, 4) is 0 Å². The van der Waals surface area contributed by atoms with E-state index in [1.807, 2.05) is 62.3 Å². The Labute approximate surface area is 190 Å². The topological polar surface area (TPSA) is 36.9 Å². The number of hydrogen-bond acceptors (Lipinski definition) is 4. The Hall–Kier alpha value is -0.160. The Morgan fingerprint density at radius 1 is 0.600 bits per heavy atom. The van der Waals surface area contributed by atoms with Crippen LogP contribution in [-0.4, -0.2) is 43.9 Å². The Morgan fingerprint density at radius 2 is 1.00 bits per heavy atom. The molecule has 0 aromatic carbocycles. The molecule has 0 saturated carbocycles. The van der Waals surface area contributed by atoms with Gasteiger partial charge in [-0.05, 0) is 80.1 Å². The summed E-state index contributed by atoms with van der Waals surface area (Å²) in [4.78, 5) is 0. The van der Waals surface area contributed by atoms with Crippen LogP contribution in [0.3, 0.4) is 0 Å². The van der Waals surface area contributed by atoms with E-state index in [4.69, 9.17) is 18.9 Å². The zero-order valence-electron chi connectivity index (χ0n) is 23.2. The van der Waals surface area contributed by atoms with E-state index in [1.54, 1.807) is 0 Å². The van der Waals surface area contributed by atoms with Crippen LogP contribution >= 0.6 is 0 Å². The third-order valence-corrected chi connectivity index (χ3v) is 3.59. The minimum absolute atomic E-state index is 0.0884. The van der Waals surface area contributed by atoms with Crippen LogP contribution in [0.15, 0.2) is 0 Å². The molecule has 0 rings (SSSR count). The molecule has 4 heteroatoms. The molecule has 0 saturated heterocycles. The van der Waals surface area contributed by atoms with Gasteiger partial charge in [0.2, 0.25) is 0 Å². The van der Waals surface area contributed by atoms with E-state index in [9.17, 15) is 0 Å². The van der Waals surface area contributed by atoms with Gasteiger partial charge in [-0.1, -0.05) is 47.5 Å². The molecule has 0 N–H and O–H groups in total. The average Bonchev–Trinajstić information content (AvgIpc) is 2.49. The summed E-state index contributed by atoms with van der Waals surface area (Å²) in [6, 6.07) is 0. The molecular formula is C26H58O4. The quantitative estimate of drug-likeness (QED) is 0.245. The molecule has 0 heterocycles. The Balaban J connectivity index is -0.000000364. The summed E-state index contributed by atoms with van der Waals surface area (Å²) >= 11 is 0. The minimum atomic E-state index is -0.0884. The lowest BCUT2D eigenvalue weighted by molar-refractivity contribution is -0.135. The van der Waals surface area contributed by atoms with Crippen molar-refractivity contribution in [3.63, 3.8) is 0 Å². The molecule has 0 aromatic heterocycles. The highest BCUT2D eigenvalue weighted by molar-refractivity contribution is 4.61. The molecule has 0 unspecified atom stereocenters. The third-order valence-electron chi connectivity index (χ3n) is 3.59. The maximum atomic E-state index is 5.32. The number of hydrogen-bond donors (Lipinski definition) is 0. The molecule has 0 spiro atoms.